The van der Waals surface area contributed by atoms with Gasteiger partial charge in [-0.05, 0) is 23.2 Å². The van der Waals surface area contributed by atoms with Gasteiger partial charge >= 0.3 is 0 Å². The molecule has 0 fully saturated rings. The topological polar surface area (TPSA) is 18.5 Å². The molecule has 0 saturated carbocycles. The van der Waals surface area contributed by atoms with Crippen molar-refractivity contribution in [2.24, 2.45) is 0 Å². The molecule has 0 aliphatic heterocycles. The summed E-state index contributed by atoms with van der Waals surface area (Å²) in [6.45, 7) is 13.0. The Bertz CT molecular complexity index is 450. The highest BCUT2D eigenvalue weighted by molar-refractivity contribution is 14.1. The summed E-state index contributed by atoms with van der Waals surface area (Å²) in [6.07, 6.45) is 1.85. The molecule has 0 aromatic heterocycles. The molecule has 0 aliphatic rings. The summed E-state index contributed by atoms with van der Waals surface area (Å²) in [7, 11) is -0.184. The largest absolute Gasteiger partial charge is 0.542 e. The van der Waals surface area contributed by atoms with Gasteiger partial charge in [-0.25, -0.2) is 0 Å². The first-order valence-corrected chi connectivity index (χ1v) is 10.8. The third kappa shape index (κ3) is 3.58. The van der Waals surface area contributed by atoms with Crippen molar-refractivity contribution < 1.29 is 9.16 Å². The van der Waals surface area contributed by atoms with Crippen LogP contribution >= 0.6 is 22.6 Å². The molecule has 0 saturated heterocycles. The maximum Gasteiger partial charge on any atom is 0.265 e. The van der Waals surface area contributed by atoms with Crippen molar-refractivity contribution in [3.8, 4) is 11.5 Å². The van der Waals surface area contributed by atoms with Gasteiger partial charge in [0, 0.05) is 15.7 Å². The van der Waals surface area contributed by atoms with E-state index in [1.165, 1.54) is 0 Å². The quantitative estimate of drug-likeness (QED) is 0.342. The fourth-order valence-electron chi connectivity index (χ4n) is 2.34. The van der Waals surface area contributed by atoms with Gasteiger partial charge in [-0.3, -0.25) is 0 Å². The Labute approximate surface area is 137 Å². The van der Waals surface area contributed by atoms with Crippen LogP contribution in [0, 0.1) is 0 Å². The summed E-state index contributed by atoms with van der Waals surface area (Å²) < 4.78 is 13.0. The Balaban J connectivity index is 3.25. The predicted octanol–water partition coefficient (Wildman–Crippen LogP) is 5.46. The van der Waals surface area contributed by atoms with Crippen LogP contribution in [0.4, 0.5) is 0 Å². The Hall–Kier alpha value is -0.493. The third-order valence-electron chi connectivity index (χ3n) is 3.90. The smallest absolute Gasteiger partial charge is 0.265 e. The lowest BCUT2D eigenvalue weighted by Gasteiger charge is -2.38. The Morgan fingerprint density at radius 2 is 1.85 bits per heavy atom. The van der Waals surface area contributed by atoms with E-state index in [9.17, 15) is 0 Å². The van der Waals surface area contributed by atoms with Crippen LogP contribution in [-0.2, 0) is 0 Å². The van der Waals surface area contributed by atoms with Crippen LogP contribution in [0.3, 0.4) is 0 Å². The monoisotopic (exact) mass is 404 g/mol. The molecule has 1 aromatic rings. The molecule has 0 atom stereocenters. The van der Waals surface area contributed by atoms with Crippen LogP contribution in [0.5, 0.6) is 11.5 Å². The number of halogens is 1. The highest BCUT2D eigenvalue weighted by Gasteiger charge is 2.43. The van der Waals surface area contributed by atoms with E-state index in [2.05, 4.69) is 56.9 Å². The summed E-state index contributed by atoms with van der Waals surface area (Å²) in [5, 5.41) is 0. The molecule has 0 bridgehead atoms. The number of alkyl halides is 1. The van der Waals surface area contributed by atoms with E-state index in [1.54, 1.807) is 7.11 Å². The van der Waals surface area contributed by atoms with Gasteiger partial charge in [0.15, 0.2) is 0 Å². The lowest BCUT2D eigenvalue weighted by atomic mass is 10.2. The second-order valence-electron chi connectivity index (χ2n) is 5.61. The van der Waals surface area contributed by atoms with E-state index in [-0.39, 0.29) is 0 Å². The summed E-state index contributed by atoms with van der Waals surface area (Å²) >= 11 is 2.48. The molecule has 0 N–H and O–H groups in total. The van der Waals surface area contributed by atoms with Crippen LogP contribution in [-0.4, -0.2) is 19.5 Å². The van der Waals surface area contributed by atoms with Crippen LogP contribution in [0.15, 0.2) is 24.8 Å². The van der Waals surface area contributed by atoms with Gasteiger partial charge in [0.1, 0.15) is 11.5 Å². The Morgan fingerprint density at radius 3 is 2.25 bits per heavy atom. The number of rotatable bonds is 7. The molecule has 0 heterocycles. The number of hydrogen-bond donors (Lipinski definition) is 0. The lowest BCUT2D eigenvalue weighted by molar-refractivity contribution is 0.411. The summed E-state index contributed by atoms with van der Waals surface area (Å²) in [6, 6.07) is 5.94. The van der Waals surface area contributed by atoms with E-state index in [4.69, 9.17) is 9.16 Å². The maximum absolute atomic E-state index is 6.62. The van der Waals surface area contributed by atoms with Crippen molar-refractivity contribution in [1.29, 1.82) is 0 Å². The fourth-order valence-corrected chi connectivity index (χ4v) is 11.2. The van der Waals surface area contributed by atoms with Crippen molar-refractivity contribution in [2.75, 3.05) is 11.2 Å². The molecular formula is C16H25IO2Si. The third-order valence-corrected chi connectivity index (χ3v) is 12.4. The minimum atomic E-state index is -1.87. The van der Waals surface area contributed by atoms with Crippen LogP contribution in [0.1, 0.15) is 33.3 Å². The first-order chi connectivity index (χ1) is 9.41. The first-order valence-electron chi connectivity index (χ1n) is 6.96. The minimum absolute atomic E-state index is 0.559. The number of benzene rings is 1. The van der Waals surface area contributed by atoms with Crippen LogP contribution in [0.25, 0.3) is 6.08 Å². The zero-order valence-corrected chi connectivity index (χ0v) is 16.2. The average Bonchev–Trinajstić information content (AvgIpc) is 2.43. The minimum Gasteiger partial charge on any atom is -0.542 e. The maximum atomic E-state index is 6.62. The zero-order valence-electron chi connectivity index (χ0n) is 13.1. The van der Waals surface area contributed by atoms with Crippen molar-refractivity contribution >= 4 is 37.0 Å². The Morgan fingerprint density at radius 1 is 1.25 bits per heavy atom. The molecule has 1 rings (SSSR count). The highest BCUT2D eigenvalue weighted by atomic mass is 127. The molecule has 20 heavy (non-hydrogen) atoms. The number of methoxy groups -OCH3 is 1. The molecule has 0 amide bonds. The van der Waals surface area contributed by atoms with Crippen LogP contribution < -0.4 is 9.16 Å². The molecule has 1 aromatic carbocycles. The van der Waals surface area contributed by atoms with Gasteiger partial charge in [-0.15, -0.1) is 0 Å². The summed E-state index contributed by atoms with van der Waals surface area (Å²) in [5.74, 6) is 1.74. The summed E-state index contributed by atoms with van der Waals surface area (Å²) in [5.41, 5.74) is 2.15. The highest BCUT2D eigenvalue weighted by Crippen LogP contribution is 2.38. The van der Waals surface area contributed by atoms with E-state index in [0.717, 1.165) is 21.1 Å². The van der Waals surface area contributed by atoms with Crippen LogP contribution in [0.2, 0.25) is 11.1 Å². The SMILES string of the molecule is C=Cc1ccc(OC)cc1O[Si](CI)(C(C)C)C(C)C. The van der Waals surface area contributed by atoms with Crippen molar-refractivity contribution in [2.45, 2.75) is 38.8 Å². The van der Waals surface area contributed by atoms with Gasteiger partial charge in [0.2, 0.25) is 0 Å². The zero-order chi connectivity index (χ0) is 15.3. The molecule has 2 nitrogen and oxygen atoms in total. The van der Waals surface area contributed by atoms with Crippen molar-refractivity contribution in [3.05, 3.63) is 30.3 Å². The number of hydrogen-bond acceptors (Lipinski definition) is 2. The molecule has 0 spiro atoms. The van der Waals surface area contributed by atoms with Crippen molar-refractivity contribution in [1.82, 2.24) is 0 Å². The predicted molar refractivity (Wildman–Crippen MR) is 98.6 cm³/mol. The molecular weight excluding hydrogens is 379 g/mol. The molecule has 112 valence electrons. The van der Waals surface area contributed by atoms with Crippen molar-refractivity contribution in [3.63, 3.8) is 0 Å². The first kappa shape index (κ1) is 17.6. The van der Waals surface area contributed by atoms with E-state index in [0.29, 0.717) is 11.1 Å². The normalized spacial score (nSPS) is 11.8. The second-order valence-corrected chi connectivity index (χ2v) is 12.6. The standard InChI is InChI=1S/C16H25IO2Si/c1-7-14-8-9-15(18-6)10-16(14)19-20(11-17,12(2)3)13(4)5/h7-10,12-13H,1,11H2,2-6H3. The average molecular weight is 404 g/mol. The van der Waals surface area contributed by atoms with Gasteiger partial charge in [-0.2, -0.15) is 0 Å². The van der Waals surface area contributed by atoms with Gasteiger partial charge in [0.05, 0.1) is 7.11 Å². The van der Waals surface area contributed by atoms with Gasteiger partial charge in [0.25, 0.3) is 8.32 Å². The second kappa shape index (κ2) is 7.50. The molecule has 0 radical (unpaired) electrons. The molecule has 0 unspecified atom stereocenters. The molecule has 0 aliphatic carbocycles. The number of ether oxygens (including phenoxy) is 1. The van der Waals surface area contributed by atoms with E-state index >= 15 is 0 Å². The van der Waals surface area contributed by atoms with Gasteiger partial charge < -0.3 is 9.16 Å². The van der Waals surface area contributed by atoms with Gasteiger partial charge in [-0.1, -0.05) is 62.9 Å². The van der Waals surface area contributed by atoms with E-state index in [1.807, 2.05) is 24.3 Å². The lowest BCUT2D eigenvalue weighted by Crippen LogP contribution is -2.50. The molecule has 4 heteroatoms. The fraction of sp³-hybridized carbons (Fsp3) is 0.500. The summed E-state index contributed by atoms with van der Waals surface area (Å²) in [4.78, 5) is 0. The Kier molecular flexibility index (Phi) is 6.58. The van der Waals surface area contributed by atoms with E-state index < -0.39 is 8.32 Å².